The largest absolute Gasteiger partial charge is 0.353 e. The Labute approximate surface area is 124 Å². The Bertz CT molecular complexity index is 663. The second-order valence-corrected chi connectivity index (χ2v) is 5.70. The molecule has 1 aliphatic rings. The van der Waals surface area contributed by atoms with E-state index in [2.05, 4.69) is 44.3 Å². The molecule has 2 aromatic rings. The summed E-state index contributed by atoms with van der Waals surface area (Å²) in [7, 11) is 0. The van der Waals surface area contributed by atoms with Crippen LogP contribution in [0.3, 0.4) is 0 Å². The van der Waals surface area contributed by atoms with E-state index in [1.807, 2.05) is 12.4 Å². The summed E-state index contributed by atoms with van der Waals surface area (Å²) in [5.74, 6) is 2.82. The van der Waals surface area contributed by atoms with Gasteiger partial charge in [-0.15, -0.1) is 0 Å². The maximum atomic E-state index is 9.07. The number of aromatic nitrogens is 4. The number of hydrogen-bond acceptors (Lipinski definition) is 5. The molecule has 0 amide bonds. The first-order chi connectivity index (χ1) is 10.2. The fourth-order valence-electron chi connectivity index (χ4n) is 2.75. The topological polar surface area (TPSA) is 70.6 Å². The van der Waals surface area contributed by atoms with Crippen LogP contribution in [0.4, 0.5) is 5.82 Å². The monoisotopic (exact) mass is 282 g/mol. The summed E-state index contributed by atoms with van der Waals surface area (Å²) < 4.78 is 2.23. The molecule has 0 atom stereocenters. The molecular weight excluding hydrogens is 264 g/mol. The first-order valence-electron chi connectivity index (χ1n) is 7.16. The molecule has 0 N–H and O–H groups in total. The third-order valence-electron chi connectivity index (χ3n) is 3.76. The van der Waals surface area contributed by atoms with Crippen molar-refractivity contribution in [2.24, 2.45) is 5.92 Å². The van der Waals surface area contributed by atoms with E-state index in [0.29, 0.717) is 23.3 Å². The molecule has 2 aromatic heterocycles. The summed E-state index contributed by atoms with van der Waals surface area (Å²) >= 11 is 0. The van der Waals surface area contributed by atoms with Gasteiger partial charge in [-0.05, 0) is 0 Å². The summed E-state index contributed by atoms with van der Waals surface area (Å²) in [4.78, 5) is 14.9. The number of nitrogens with zero attached hydrogens (tertiary/aromatic N) is 6. The standard InChI is InChI=1S/C15H18N6/c1-11(2)14-19-5-6-20(14)8-12-9-21(10-12)15-13(7-16)17-3-4-18-15/h3-6,11-12H,8-10H2,1-2H3. The number of imidazole rings is 1. The van der Waals surface area contributed by atoms with Crippen molar-refractivity contribution in [1.82, 2.24) is 19.5 Å². The lowest BCUT2D eigenvalue weighted by Gasteiger charge is -2.40. The molecule has 6 heteroatoms. The van der Waals surface area contributed by atoms with Gasteiger partial charge >= 0.3 is 0 Å². The predicted molar refractivity (Wildman–Crippen MR) is 78.8 cm³/mol. The van der Waals surface area contributed by atoms with Gasteiger partial charge < -0.3 is 9.47 Å². The molecule has 0 bridgehead atoms. The van der Waals surface area contributed by atoms with Crippen LogP contribution in [0.5, 0.6) is 0 Å². The molecule has 3 heterocycles. The molecule has 1 aliphatic heterocycles. The van der Waals surface area contributed by atoms with Crippen molar-refractivity contribution in [2.45, 2.75) is 26.3 Å². The normalized spacial score (nSPS) is 15.0. The maximum Gasteiger partial charge on any atom is 0.183 e. The average molecular weight is 282 g/mol. The first-order valence-corrected chi connectivity index (χ1v) is 7.16. The fourth-order valence-corrected chi connectivity index (χ4v) is 2.75. The Morgan fingerprint density at radius 1 is 1.24 bits per heavy atom. The minimum absolute atomic E-state index is 0.404. The third-order valence-corrected chi connectivity index (χ3v) is 3.76. The van der Waals surface area contributed by atoms with E-state index >= 15 is 0 Å². The highest BCUT2D eigenvalue weighted by Crippen LogP contribution is 2.26. The van der Waals surface area contributed by atoms with Gasteiger partial charge in [0.25, 0.3) is 0 Å². The Morgan fingerprint density at radius 2 is 2.00 bits per heavy atom. The summed E-state index contributed by atoms with van der Waals surface area (Å²) in [5.41, 5.74) is 0.404. The Morgan fingerprint density at radius 3 is 2.71 bits per heavy atom. The van der Waals surface area contributed by atoms with Crippen LogP contribution in [-0.2, 0) is 6.54 Å². The van der Waals surface area contributed by atoms with Crippen LogP contribution in [0.15, 0.2) is 24.8 Å². The van der Waals surface area contributed by atoms with E-state index in [4.69, 9.17) is 5.26 Å². The average Bonchev–Trinajstić information content (AvgIpc) is 2.91. The molecule has 0 aromatic carbocycles. The number of nitriles is 1. The van der Waals surface area contributed by atoms with E-state index in [9.17, 15) is 0 Å². The van der Waals surface area contributed by atoms with Gasteiger partial charge in [-0.25, -0.2) is 15.0 Å². The summed E-state index contributed by atoms with van der Waals surface area (Å²) in [5, 5.41) is 9.07. The first kappa shape index (κ1) is 13.6. The lowest BCUT2D eigenvalue weighted by atomic mass is 9.99. The van der Waals surface area contributed by atoms with Crippen LogP contribution < -0.4 is 4.90 Å². The Balaban J connectivity index is 1.64. The second kappa shape index (κ2) is 5.52. The zero-order chi connectivity index (χ0) is 14.8. The lowest BCUT2D eigenvalue weighted by Crippen LogP contribution is -2.49. The number of rotatable bonds is 4. The van der Waals surface area contributed by atoms with Crippen LogP contribution in [0, 0.1) is 17.2 Å². The predicted octanol–water partition coefficient (Wildman–Crippen LogP) is 1.80. The minimum Gasteiger partial charge on any atom is -0.353 e. The minimum atomic E-state index is 0.404. The van der Waals surface area contributed by atoms with Crippen LogP contribution in [-0.4, -0.2) is 32.6 Å². The van der Waals surface area contributed by atoms with Crippen molar-refractivity contribution < 1.29 is 0 Å². The van der Waals surface area contributed by atoms with E-state index in [1.165, 1.54) is 0 Å². The van der Waals surface area contributed by atoms with Gasteiger partial charge in [0.1, 0.15) is 11.9 Å². The van der Waals surface area contributed by atoms with Crippen molar-refractivity contribution in [1.29, 1.82) is 5.26 Å². The van der Waals surface area contributed by atoms with E-state index in [1.54, 1.807) is 12.4 Å². The van der Waals surface area contributed by atoms with Gasteiger partial charge in [-0.2, -0.15) is 5.26 Å². The lowest BCUT2D eigenvalue weighted by molar-refractivity contribution is 0.348. The number of hydrogen-bond donors (Lipinski definition) is 0. The van der Waals surface area contributed by atoms with Crippen molar-refractivity contribution in [3.63, 3.8) is 0 Å². The second-order valence-electron chi connectivity index (χ2n) is 5.70. The molecule has 0 spiro atoms. The molecule has 0 unspecified atom stereocenters. The van der Waals surface area contributed by atoms with Crippen LogP contribution >= 0.6 is 0 Å². The van der Waals surface area contributed by atoms with Crippen LogP contribution in [0.2, 0.25) is 0 Å². The molecular formula is C15H18N6. The highest BCUT2D eigenvalue weighted by Gasteiger charge is 2.30. The van der Waals surface area contributed by atoms with Gasteiger partial charge in [-0.1, -0.05) is 13.8 Å². The Kier molecular flexibility index (Phi) is 3.57. The van der Waals surface area contributed by atoms with Gasteiger partial charge in [0.2, 0.25) is 0 Å². The molecule has 1 fully saturated rings. The molecule has 0 aliphatic carbocycles. The molecule has 108 valence electrons. The smallest absolute Gasteiger partial charge is 0.183 e. The molecule has 1 saturated heterocycles. The zero-order valence-corrected chi connectivity index (χ0v) is 12.3. The fraction of sp³-hybridized carbons (Fsp3) is 0.467. The zero-order valence-electron chi connectivity index (χ0n) is 12.3. The van der Waals surface area contributed by atoms with E-state index < -0.39 is 0 Å². The van der Waals surface area contributed by atoms with Crippen molar-refractivity contribution >= 4 is 5.82 Å². The Hall–Kier alpha value is -2.42. The van der Waals surface area contributed by atoms with Crippen molar-refractivity contribution in [3.05, 3.63) is 36.3 Å². The van der Waals surface area contributed by atoms with E-state index in [-0.39, 0.29) is 0 Å². The summed E-state index contributed by atoms with van der Waals surface area (Å²) in [6, 6.07) is 2.10. The van der Waals surface area contributed by atoms with Crippen molar-refractivity contribution in [3.8, 4) is 6.07 Å². The summed E-state index contributed by atoms with van der Waals surface area (Å²) in [6.45, 7) is 7.09. The summed E-state index contributed by atoms with van der Waals surface area (Å²) in [6.07, 6.45) is 7.10. The maximum absolute atomic E-state index is 9.07. The SMILES string of the molecule is CC(C)c1nccn1CC1CN(c2nccnc2C#N)C1. The van der Waals surface area contributed by atoms with Gasteiger partial charge in [0.15, 0.2) is 11.5 Å². The van der Waals surface area contributed by atoms with Gasteiger partial charge in [0.05, 0.1) is 0 Å². The molecule has 3 rings (SSSR count). The molecule has 0 saturated carbocycles. The van der Waals surface area contributed by atoms with Gasteiger partial charge in [-0.3, -0.25) is 0 Å². The van der Waals surface area contributed by atoms with Gasteiger partial charge in [0, 0.05) is 56.3 Å². The van der Waals surface area contributed by atoms with Crippen LogP contribution in [0.1, 0.15) is 31.3 Å². The number of anilines is 1. The molecule has 6 nitrogen and oxygen atoms in total. The molecule has 21 heavy (non-hydrogen) atoms. The van der Waals surface area contributed by atoms with Crippen molar-refractivity contribution in [2.75, 3.05) is 18.0 Å². The quantitative estimate of drug-likeness (QED) is 0.855. The highest BCUT2D eigenvalue weighted by molar-refractivity contribution is 5.51. The van der Waals surface area contributed by atoms with E-state index in [0.717, 1.165) is 25.5 Å². The molecule has 0 radical (unpaired) electrons. The highest BCUT2D eigenvalue weighted by atomic mass is 15.3. The van der Waals surface area contributed by atoms with Crippen LogP contribution in [0.25, 0.3) is 0 Å². The third kappa shape index (κ3) is 2.59.